The van der Waals surface area contributed by atoms with Crippen molar-refractivity contribution in [2.75, 3.05) is 6.54 Å². The quantitative estimate of drug-likeness (QED) is 0.362. The minimum atomic E-state index is -4.59. The first-order valence-corrected chi connectivity index (χ1v) is 14.2. The molecule has 1 saturated heterocycles. The van der Waals surface area contributed by atoms with E-state index in [1.54, 1.807) is 12.5 Å². The number of rotatable bonds is 9. The fourth-order valence-electron chi connectivity index (χ4n) is 4.57. The minimum absolute atomic E-state index is 0.0329. The normalized spacial score (nSPS) is 18.8. The van der Waals surface area contributed by atoms with Gasteiger partial charge in [0.15, 0.2) is 0 Å². The van der Waals surface area contributed by atoms with Gasteiger partial charge in [0.25, 0.3) is 0 Å². The number of nitrogens with one attached hydrogen (secondary N) is 3. The molecular weight excluding hydrogens is 531 g/mol. The monoisotopic (exact) mass is 563 g/mol. The van der Waals surface area contributed by atoms with E-state index in [1.165, 1.54) is 0 Å². The standard InChI is InChI=1S/C27H32F3N5O3S/c1-18(2)20-5-3-19(4-6-20)14-33-26(36)25-13-22(32-16-23-15-31-17-34-23)11-12-35(25)39(37,38)24-9-7-21(8-10-24)27(28,29)30/h3-10,15,17-18,22,25,32H,11-14,16H2,1-2H3,(H,31,34)(H,33,36)/t22-,25-/m1/s1. The molecule has 0 unspecified atom stereocenters. The van der Waals surface area contributed by atoms with Crippen LogP contribution in [0.3, 0.4) is 0 Å². The molecule has 2 aromatic carbocycles. The molecule has 0 aliphatic carbocycles. The molecule has 1 aliphatic rings. The molecule has 0 spiro atoms. The van der Waals surface area contributed by atoms with Crippen molar-refractivity contribution in [1.82, 2.24) is 24.9 Å². The molecule has 8 nitrogen and oxygen atoms in total. The Morgan fingerprint density at radius 3 is 2.38 bits per heavy atom. The predicted molar refractivity (Wildman–Crippen MR) is 140 cm³/mol. The van der Waals surface area contributed by atoms with E-state index >= 15 is 0 Å². The number of aromatic nitrogens is 2. The largest absolute Gasteiger partial charge is 0.416 e. The van der Waals surface area contributed by atoms with Gasteiger partial charge in [-0.3, -0.25) is 4.79 Å². The molecule has 0 bridgehead atoms. The summed E-state index contributed by atoms with van der Waals surface area (Å²) >= 11 is 0. The van der Waals surface area contributed by atoms with Crippen LogP contribution in [0.15, 0.2) is 66.0 Å². The summed E-state index contributed by atoms with van der Waals surface area (Å²) in [5.41, 5.74) is 1.94. The van der Waals surface area contributed by atoms with E-state index in [4.69, 9.17) is 0 Å². The molecule has 0 radical (unpaired) electrons. The van der Waals surface area contributed by atoms with Crippen LogP contribution in [0.1, 0.15) is 55.0 Å². The zero-order valence-electron chi connectivity index (χ0n) is 21.7. The Bertz CT molecular complexity index is 1340. The lowest BCUT2D eigenvalue weighted by Gasteiger charge is -2.38. The summed E-state index contributed by atoms with van der Waals surface area (Å²) < 4.78 is 67.2. The number of halogens is 3. The maximum atomic E-state index is 13.5. The molecule has 39 heavy (non-hydrogen) atoms. The molecule has 4 rings (SSSR count). The number of hydrogen-bond acceptors (Lipinski definition) is 5. The Balaban J connectivity index is 1.52. The zero-order chi connectivity index (χ0) is 28.2. The van der Waals surface area contributed by atoms with E-state index < -0.39 is 33.7 Å². The number of hydrogen-bond donors (Lipinski definition) is 3. The lowest BCUT2D eigenvalue weighted by Crippen LogP contribution is -2.56. The number of amides is 1. The molecule has 2 atom stereocenters. The van der Waals surface area contributed by atoms with Crippen LogP contribution in [0, 0.1) is 0 Å². The summed E-state index contributed by atoms with van der Waals surface area (Å²) in [6.45, 7) is 4.89. The van der Waals surface area contributed by atoms with E-state index in [1.807, 2.05) is 24.3 Å². The van der Waals surface area contributed by atoms with Crippen LogP contribution >= 0.6 is 0 Å². The maximum Gasteiger partial charge on any atom is 0.416 e. The van der Waals surface area contributed by atoms with Crippen molar-refractivity contribution in [3.05, 3.63) is 83.4 Å². The van der Waals surface area contributed by atoms with Gasteiger partial charge in [-0.2, -0.15) is 17.5 Å². The highest BCUT2D eigenvalue weighted by atomic mass is 32.2. The average Bonchev–Trinajstić information content (AvgIpc) is 3.44. The van der Waals surface area contributed by atoms with Gasteiger partial charge in [-0.25, -0.2) is 13.4 Å². The number of aromatic amines is 1. The SMILES string of the molecule is CC(C)c1ccc(CNC(=O)[C@H]2C[C@H](NCc3cnc[nH]3)CCN2S(=O)(=O)c2ccc(C(F)(F)F)cc2)cc1. The second-order valence-electron chi connectivity index (χ2n) is 9.95. The number of carbonyl (C=O) groups excluding carboxylic acids is 1. The van der Waals surface area contributed by atoms with Crippen LogP contribution in [0.25, 0.3) is 0 Å². The summed E-state index contributed by atoms with van der Waals surface area (Å²) in [5, 5.41) is 6.19. The van der Waals surface area contributed by atoms with Gasteiger partial charge in [0.05, 0.1) is 16.8 Å². The topological polar surface area (TPSA) is 107 Å². The Hall–Kier alpha value is -3.22. The van der Waals surface area contributed by atoms with E-state index in [-0.39, 0.29) is 30.4 Å². The second-order valence-corrected chi connectivity index (χ2v) is 11.8. The van der Waals surface area contributed by atoms with Gasteiger partial charge in [0, 0.05) is 37.6 Å². The first kappa shape index (κ1) is 28.8. The Labute approximate surface area is 226 Å². The zero-order valence-corrected chi connectivity index (χ0v) is 22.5. The van der Waals surface area contributed by atoms with E-state index in [0.717, 1.165) is 45.4 Å². The van der Waals surface area contributed by atoms with E-state index in [9.17, 15) is 26.4 Å². The van der Waals surface area contributed by atoms with Gasteiger partial charge < -0.3 is 15.6 Å². The van der Waals surface area contributed by atoms with Gasteiger partial charge in [0.1, 0.15) is 6.04 Å². The number of piperidine rings is 1. The fourth-order valence-corrected chi connectivity index (χ4v) is 6.18. The summed E-state index contributed by atoms with van der Waals surface area (Å²) in [7, 11) is -4.24. The van der Waals surface area contributed by atoms with Gasteiger partial charge in [-0.1, -0.05) is 38.1 Å². The first-order chi connectivity index (χ1) is 18.4. The molecule has 3 N–H and O–H groups in total. The fraction of sp³-hybridized carbons (Fsp3) is 0.407. The number of alkyl halides is 3. The third kappa shape index (κ3) is 7.06. The van der Waals surface area contributed by atoms with Crippen LogP contribution in [0.5, 0.6) is 0 Å². The van der Waals surface area contributed by atoms with Crippen molar-refractivity contribution in [2.24, 2.45) is 0 Å². The lowest BCUT2D eigenvalue weighted by molar-refractivity contribution is -0.137. The van der Waals surface area contributed by atoms with Crippen LogP contribution < -0.4 is 10.6 Å². The molecule has 210 valence electrons. The molecule has 12 heteroatoms. The van der Waals surface area contributed by atoms with E-state index in [0.29, 0.717) is 18.9 Å². The van der Waals surface area contributed by atoms with Gasteiger partial charge in [-0.05, 0) is 54.2 Å². The number of benzene rings is 2. The highest BCUT2D eigenvalue weighted by Crippen LogP contribution is 2.31. The van der Waals surface area contributed by atoms with Crippen molar-refractivity contribution < 1.29 is 26.4 Å². The molecular formula is C27H32F3N5O3S. The maximum absolute atomic E-state index is 13.5. The highest BCUT2D eigenvalue weighted by molar-refractivity contribution is 7.89. The van der Waals surface area contributed by atoms with Crippen LogP contribution in [-0.2, 0) is 34.1 Å². The molecule has 1 amide bonds. The second kappa shape index (κ2) is 11.9. The third-order valence-corrected chi connectivity index (χ3v) is 8.82. The van der Waals surface area contributed by atoms with E-state index in [2.05, 4.69) is 34.4 Å². The van der Waals surface area contributed by atoms with Gasteiger partial charge in [-0.15, -0.1) is 0 Å². The number of carbonyl (C=O) groups is 1. The average molecular weight is 564 g/mol. The third-order valence-electron chi connectivity index (χ3n) is 6.89. The summed E-state index contributed by atoms with van der Waals surface area (Å²) in [6.07, 6.45) is -0.733. The number of imidazole rings is 1. The predicted octanol–water partition coefficient (Wildman–Crippen LogP) is 4.18. The molecule has 1 aromatic heterocycles. The molecule has 1 aliphatic heterocycles. The van der Waals surface area contributed by atoms with Crippen molar-refractivity contribution in [3.63, 3.8) is 0 Å². The van der Waals surface area contributed by atoms with Crippen molar-refractivity contribution in [1.29, 1.82) is 0 Å². The van der Waals surface area contributed by atoms with Gasteiger partial charge in [0.2, 0.25) is 15.9 Å². The Morgan fingerprint density at radius 1 is 1.10 bits per heavy atom. The number of H-pyrrole nitrogens is 1. The number of sulfonamides is 1. The highest BCUT2D eigenvalue weighted by Gasteiger charge is 2.41. The molecule has 3 aromatic rings. The Morgan fingerprint density at radius 2 is 1.79 bits per heavy atom. The Kier molecular flexibility index (Phi) is 8.77. The summed E-state index contributed by atoms with van der Waals surface area (Å²) in [4.78, 5) is 20.1. The van der Waals surface area contributed by atoms with Gasteiger partial charge >= 0.3 is 6.18 Å². The van der Waals surface area contributed by atoms with Crippen molar-refractivity contribution in [3.8, 4) is 0 Å². The smallest absolute Gasteiger partial charge is 0.351 e. The van der Waals surface area contributed by atoms with Crippen molar-refractivity contribution in [2.45, 2.75) is 68.9 Å². The summed E-state index contributed by atoms with van der Waals surface area (Å²) in [6, 6.07) is 9.96. The molecule has 1 fully saturated rings. The molecule has 2 heterocycles. The van der Waals surface area contributed by atoms with Crippen molar-refractivity contribution >= 4 is 15.9 Å². The first-order valence-electron chi connectivity index (χ1n) is 12.7. The van der Waals surface area contributed by atoms with Crippen LogP contribution in [0.4, 0.5) is 13.2 Å². The number of nitrogens with zero attached hydrogens (tertiary/aromatic N) is 2. The van der Waals surface area contributed by atoms with Crippen LogP contribution in [0.2, 0.25) is 0 Å². The minimum Gasteiger partial charge on any atom is -0.351 e. The summed E-state index contributed by atoms with van der Waals surface area (Å²) in [5.74, 6) is -0.0995. The lowest BCUT2D eigenvalue weighted by atomic mass is 9.98. The van der Waals surface area contributed by atoms with Crippen LogP contribution in [-0.4, -0.2) is 47.2 Å². The molecule has 0 saturated carbocycles.